The molecule has 2 heterocycles. The maximum absolute atomic E-state index is 12.7. The first-order valence-corrected chi connectivity index (χ1v) is 7.71. The quantitative estimate of drug-likeness (QED) is 0.926. The van der Waals surface area contributed by atoms with Gasteiger partial charge in [-0.05, 0) is 25.1 Å². The Balaban J connectivity index is 1.74. The number of carbonyl (C=O) groups excluding carboxylic acids is 2. The topological polar surface area (TPSA) is 84.4 Å². The first kappa shape index (κ1) is 16.1. The maximum atomic E-state index is 12.7. The predicted molar refractivity (Wildman–Crippen MR) is 87.7 cm³/mol. The minimum atomic E-state index is -0.368. The fraction of sp³-hybridized carbons (Fsp3) is 0.294. The molecule has 1 aliphatic rings. The Hall–Kier alpha value is -2.80. The number of hydrogen-bond acceptors (Lipinski definition) is 5. The molecule has 1 unspecified atom stereocenters. The monoisotopic (exact) mass is 326 g/mol. The standard InChI is InChI=1S/C17H18N4O3/c1-12-11-24-8-7-21(12)17(23)13-3-2-4-14(9-13)20-16(22)15-10-18-5-6-19-15/h2-6,9-10,12H,7-8,11H2,1H3,(H,20,22). The van der Waals surface area contributed by atoms with Crippen molar-refractivity contribution in [1.29, 1.82) is 0 Å². The summed E-state index contributed by atoms with van der Waals surface area (Å²) in [4.78, 5) is 34.4. The third-order valence-electron chi connectivity index (χ3n) is 3.79. The van der Waals surface area contributed by atoms with Crippen LogP contribution in [0, 0.1) is 0 Å². The Labute approximate surface area is 139 Å². The summed E-state index contributed by atoms with van der Waals surface area (Å²) in [6.45, 7) is 3.60. The molecule has 1 aromatic carbocycles. The SMILES string of the molecule is CC1COCCN1C(=O)c1cccc(NC(=O)c2cnccn2)c1. The zero-order valence-electron chi connectivity index (χ0n) is 13.3. The molecule has 0 aliphatic carbocycles. The maximum Gasteiger partial charge on any atom is 0.275 e. The van der Waals surface area contributed by atoms with Crippen LogP contribution < -0.4 is 5.32 Å². The number of morpholine rings is 1. The van der Waals surface area contributed by atoms with Crippen molar-refractivity contribution in [2.45, 2.75) is 13.0 Å². The summed E-state index contributed by atoms with van der Waals surface area (Å²) in [7, 11) is 0. The lowest BCUT2D eigenvalue weighted by atomic mass is 10.1. The second-order valence-corrected chi connectivity index (χ2v) is 5.55. The van der Waals surface area contributed by atoms with Gasteiger partial charge in [0.25, 0.3) is 11.8 Å². The van der Waals surface area contributed by atoms with Crippen LogP contribution in [0.4, 0.5) is 5.69 Å². The summed E-state index contributed by atoms with van der Waals surface area (Å²) in [6, 6.07) is 6.91. The van der Waals surface area contributed by atoms with Crippen LogP contribution in [0.5, 0.6) is 0 Å². The molecular weight excluding hydrogens is 308 g/mol. The van der Waals surface area contributed by atoms with Gasteiger partial charge in [0.05, 0.1) is 25.5 Å². The number of rotatable bonds is 3. The molecule has 2 aromatic rings. The summed E-state index contributed by atoms with van der Waals surface area (Å²) < 4.78 is 5.36. The normalized spacial score (nSPS) is 17.4. The van der Waals surface area contributed by atoms with Gasteiger partial charge in [-0.2, -0.15) is 0 Å². The summed E-state index contributed by atoms with van der Waals surface area (Å²) in [5.74, 6) is -0.436. The number of nitrogens with zero attached hydrogens (tertiary/aromatic N) is 3. The average molecular weight is 326 g/mol. The number of nitrogens with one attached hydrogen (secondary N) is 1. The second-order valence-electron chi connectivity index (χ2n) is 5.55. The fourth-order valence-electron chi connectivity index (χ4n) is 2.54. The molecule has 24 heavy (non-hydrogen) atoms. The van der Waals surface area contributed by atoms with E-state index in [4.69, 9.17) is 4.74 Å². The molecule has 124 valence electrons. The van der Waals surface area contributed by atoms with E-state index < -0.39 is 0 Å². The van der Waals surface area contributed by atoms with E-state index in [0.29, 0.717) is 31.0 Å². The molecule has 0 bridgehead atoms. The van der Waals surface area contributed by atoms with Crippen molar-refractivity contribution in [3.05, 3.63) is 54.1 Å². The van der Waals surface area contributed by atoms with Gasteiger partial charge in [-0.15, -0.1) is 0 Å². The van der Waals surface area contributed by atoms with Gasteiger partial charge >= 0.3 is 0 Å². The summed E-state index contributed by atoms with van der Waals surface area (Å²) in [6.07, 6.45) is 4.34. The molecule has 1 atom stereocenters. The third kappa shape index (κ3) is 3.57. The van der Waals surface area contributed by atoms with Crippen LogP contribution >= 0.6 is 0 Å². The van der Waals surface area contributed by atoms with E-state index in [2.05, 4.69) is 15.3 Å². The first-order valence-electron chi connectivity index (χ1n) is 7.71. The highest BCUT2D eigenvalue weighted by atomic mass is 16.5. The van der Waals surface area contributed by atoms with Gasteiger partial charge in [-0.1, -0.05) is 6.07 Å². The number of benzene rings is 1. The van der Waals surface area contributed by atoms with Crippen molar-refractivity contribution in [1.82, 2.24) is 14.9 Å². The lowest BCUT2D eigenvalue weighted by molar-refractivity contribution is 0.00359. The van der Waals surface area contributed by atoms with Gasteiger partial charge in [0.2, 0.25) is 0 Å². The number of aromatic nitrogens is 2. The second kappa shape index (κ2) is 7.18. The lowest BCUT2D eigenvalue weighted by Gasteiger charge is -2.33. The highest BCUT2D eigenvalue weighted by molar-refractivity contribution is 6.03. The van der Waals surface area contributed by atoms with Crippen LogP contribution in [-0.2, 0) is 4.74 Å². The Morgan fingerprint density at radius 1 is 1.33 bits per heavy atom. The van der Waals surface area contributed by atoms with Gasteiger partial charge in [0.1, 0.15) is 5.69 Å². The zero-order valence-corrected chi connectivity index (χ0v) is 13.3. The van der Waals surface area contributed by atoms with Gasteiger partial charge in [-0.3, -0.25) is 14.6 Å². The molecule has 7 heteroatoms. The Morgan fingerprint density at radius 2 is 2.21 bits per heavy atom. The number of amides is 2. The average Bonchev–Trinajstić information content (AvgIpc) is 2.62. The fourth-order valence-corrected chi connectivity index (χ4v) is 2.54. The highest BCUT2D eigenvalue weighted by Crippen LogP contribution is 2.16. The van der Waals surface area contributed by atoms with Crippen molar-refractivity contribution < 1.29 is 14.3 Å². The van der Waals surface area contributed by atoms with Crippen molar-refractivity contribution in [2.75, 3.05) is 25.1 Å². The van der Waals surface area contributed by atoms with Gasteiger partial charge < -0.3 is 15.0 Å². The molecule has 1 aliphatic heterocycles. The lowest BCUT2D eigenvalue weighted by Crippen LogP contribution is -2.47. The predicted octanol–water partition coefficient (Wildman–Crippen LogP) is 1.59. The molecule has 0 saturated carbocycles. The third-order valence-corrected chi connectivity index (χ3v) is 3.79. The highest BCUT2D eigenvalue weighted by Gasteiger charge is 2.24. The van der Waals surface area contributed by atoms with Crippen LogP contribution in [0.3, 0.4) is 0 Å². The largest absolute Gasteiger partial charge is 0.377 e. The number of hydrogen-bond donors (Lipinski definition) is 1. The van der Waals surface area contributed by atoms with Gasteiger partial charge in [0.15, 0.2) is 0 Å². The molecule has 1 fully saturated rings. The van der Waals surface area contributed by atoms with Crippen LogP contribution in [0.2, 0.25) is 0 Å². The molecule has 2 amide bonds. The number of anilines is 1. The Kier molecular flexibility index (Phi) is 4.81. The molecule has 1 N–H and O–H groups in total. The number of carbonyl (C=O) groups is 2. The van der Waals surface area contributed by atoms with E-state index in [0.717, 1.165) is 0 Å². The van der Waals surface area contributed by atoms with Crippen LogP contribution in [0.15, 0.2) is 42.9 Å². The van der Waals surface area contributed by atoms with Crippen LogP contribution in [-0.4, -0.2) is 52.5 Å². The van der Waals surface area contributed by atoms with E-state index in [-0.39, 0.29) is 23.6 Å². The molecule has 1 saturated heterocycles. The molecule has 0 radical (unpaired) electrons. The molecular formula is C17H18N4O3. The van der Waals surface area contributed by atoms with Gasteiger partial charge in [0, 0.05) is 30.2 Å². The van der Waals surface area contributed by atoms with Crippen LogP contribution in [0.1, 0.15) is 27.8 Å². The van der Waals surface area contributed by atoms with E-state index >= 15 is 0 Å². The smallest absolute Gasteiger partial charge is 0.275 e. The van der Waals surface area contributed by atoms with E-state index in [9.17, 15) is 9.59 Å². The van der Waals surface area contributed by atoms with Gasteiger partial charge in [-0.25, -0.2) is 4.98 Å². The van der Waals surface area contributed by atoms with Crippen molar-refractivity contribution in [2.24, 2.45) is 0 Å². The van der Waals surface area contributed by atoms with E-state index in [1.165, 1.54) is 18.6 Å². The van der Waals surface area contributed by atoms with E-state index in [1.807, 2.05) is 6.92 Å². The summed E-state index contributed by atoms with van der Waals surface area (Å²) in [5, 5.41) is 2.73. The van der Waals surface area contributed by atoms with Crippen LogP contribution in [0.25, 0.3) is 0 Å². The van der Waals surface area contributed by atoms with Crippen molar-refractivity contribution in [3.63, 3.8) is 0 Å². The summed E-state index contributed by atoms with van der Waals surface area (Å²) >= 11 is 0. The number of ether oxygens (including phenoxy) is 1. The Morgan fingerprint density at radius 3 is 2.96 bits per heavy atom. The van der Waals surface area contributed by atoms with Crippen molar-refractivity contribution >= 4 is 17.5 Å². The van der Waals surface area contributed by atoms with Crippen molar-refractivity contribution in [3.8, 4) is 0 Å². The Bertz CT molecular complexity index is 736. The molecule has 7 nitrogen and oxygen atoms in total. The first-order chi connectivity index (χ1) is 11.6. The molecule has 0 spiro atoms. The summed E-state index contributed by atoms with van der Waals surface area (Å²) in [5.41, 5.74) is 1.29. The molecule has 3 rings (SSSR count). The molecule has 1 aromatic heterocycles. The minimum absolute atomic E-state index is 0.0316. The minimum Gasteiger partial charge on any atom is -0.377 e. The zero-order chi connectivity index (χ0) is 16.9. The van der Waals surface area contributed by atoms with E-state index in [1.54, 1.807) is 29.2 Å².